The molecule has 0 spiro atoms. The largest absolute Gasteiger partial charge is 0.344 e. The van der Waals surface area contributed by atoms with Gasteiger partial charge >= 0.3 is 0 Å². The van der Waals surface area contributed by atoms with E-state index in [0.29, 0.717) is 0 Å². The fourth-order valence-corrected chi connectivity index (χ4v) is 3.77. The molecule has 1 atom stereocenters. The van der Waals surface area contributed by atoms with Gasteiger partial charge in [0, 0.05) is 12.2 Å². The monoisotopic (exact) mass is 324 g/mol. The summed E-state index contributed by atoms with van der Waals surface area (Å²) >= 11 is 1.59. The third kappa shape index (κ3) is 2.66. The first-order chi connectivity index (χ1) is 11.3. The highest BCUT2D eigenvalue weighted by Crippen LogP contribution is 2.32. The lowest BCUT2D eigenvalue weighted by Gasteiger charge is -2.25. The van der Waals surface area contributed by atoms with Crippen molar-refractivity contribution in [3.8, 4) is 0 Å². The summed E-state index contributed by atoms with van der Waals surface area (Å²) in [7, 11) is 0. The zero-order valence-electron chi connectivity index (χ0n) is 12.5. The number of amides is 1. The molecule has 0 bridgehead atoms. The second-order valence-corrected chi connectivity index (χ2v) is 6.44. The summed E-state index contributed by atoms with van der Waals surface area (Å²) in [4.78, 5) is 24.5. The molecule has 116 valence electrons. The van der Waals surface area contributed by atoms with E-state index in [2.05, 4.69) is 20.2 Å². The van der Waals surface area contributed by atoms with E-state index in [4.69, 9.17) is 0 Å². The first-order valence-electron chi connectivity index (χ1n) is 7.64. The normalized spacial score (nSPS) is 17.6. The molecule has 1 saturated heterocycles. The number of benzene rings is 1. The number of para-hydroxylation sites is 1. The maximum atomic E-state index is 12.7. The molecule has 1 fully saturated rings. The Balaban J connectivity index is 1.61. The number of carbonyl (C=O) groups excluding carboxylic acids is 1. The number of hydrogen-bond acceptors (Lipinski definition) is 5. The van der Waals surface area contributed by atoms with Gasteiger partial charge in [-0.1, -0.05) is 18.2 Å². The Morgan fingerprint density at radius 3 is 2.96 bits per heavy atom. The zero-order valence-corrected chi connectivity index (χ0v) is 13.3. The van der Waals surface area contributed by atoms with E-state index in [9.17, 15) is 4.79 Å². The molecule has 0 aliphatic carbocycles. The fourth-order valence-electron chi connectivity index (χ4n) is 3.05. The number of carbonyl (C=O) groups is 1. The molecule has 1 aromatic carbocycles. The number of nitrogens with one attached hydrogen (secondary N) is 1. The van der Waals surface area contributed by atoms with E-state index in [0.717, 1.165) is 41.1 Å². The molecule has 1 aliphatic rings. The highest BCUT2D eigenvalue weighted by molar-refractivity contribution is 7.16. The van der Waals surface area contributed by atoms with Crippen LogP contribution >= 0.6 is 11.3 Å². The van der Waals surface area contributed by atoms with Crippen molar-refractivity contribution >= 4 is 39.0 Å². The predicted octanol–water partition coefficient (Wildman–Crippen LogP) is 3.30. The smallest absolute Gasteiger partial charge is 0.247 e. The first kappa shape index (κ1) is 14.1. The van der Waals surface area contributed by atoms with Crippen LogP contribution in [0.5, 0.6) is 0 Å². The van der Waals surface area contributed by atoms with Gasteiger partial charge in [-0.25, -0.2) is 9.97 Å². The van der Waals surface area contributed by atoms with Gasteiger partial charge in [0.2, 0.25) is 5.91 Å². The van der Waals surface area contributed by atoms with Crippen LogP contribution in [0.4, 0.5) is 11.5 Å². The van der Waals surface area contributed by atoms with Crippen LogP contribution < -0.4 is 10.2 Å². The number of fused-ring (bicyclic) bond motifs is 1. The number of nitrogens with zero attached hydrogens (tertiary/aromatic N) is 3. The Morgan fingerprint density at radius 1 is 1.22 bits per heavy atom. The third-order valence-electron chi connectivity index (χ3n) is 4.11. The van der Waals surface area contributed by atoms with Crippen molar-refractivity contribution in [3.05, 3.63) is 48.1 Å². The molecular formula is C17H16N4OS. The van der Waals surface area contributed by atoms with Gasteiger partial charge in [-0.2, -0.15) is 0 Å². The summed E-state index contributed by atoms with van der Waals surface area (Å²) in [6.45, 7) is 0.842. The molecule has 0 radical (unpaired) electrons. The lowest BCUT2D eigenvalue weighted by molar-refractivity contribution is -0.117. The zero-order chi connectivity index (χ0) is 15.6. The van der Waals surface area contributed by atoms with Crippen molar-refractivity contribution < 1.29 is 4.79 Å². The standard InChI is InChI=1S/C17H16N4OS/c22-16(20-12-5-2-1-3-6-12)14-7-4-9-21(14)15-13-8-10-23-17(13)19-11-18-15/h1-3,5-6,8,10-11,14H,4,7,9H2,(H,20,22). The maximum Gasteiger partial charge on any atom is 0.247 e. The van der Waals surface area contributed by atoms with Crippen molar-refractivity contribution in [2.24, 2.45) is 0 Å². The Morgan fingerprint density at radius 2 is 2.09 bits per heavy atom. The second kappa shape index (κ2) is 5.96. The van der Waals surface area contributed by atoms with E-state index < -0.39 is 0 Å². The summed E-state index contributed by atoms with van der Waals surface area (Å²) < 4.78 is 0. The van der Waals surface area contributed by atoms with Gasteiger partial charge in [0.1, 0.15) is 23.0 Å². The SMILES string of the molecule is O=C(Nc1ccccc1)C1CCCN1c1ncnc2sccc12. The van der Waals surface area contributed by atoms with Crippen molar-refractivity contribution in [1.29, 1.82) is 0 Å². The number of hydrogen-bond donors (Lipinski definition) is 1. The highest BCUT2D eigenvalue weighted by Gasteiger charge is 2.32. The Labute approximate surface area is 138 Å². The van der Waals surface area contributed by atoms with Crippen molar-refractivity contribution in [3.63, 3.8) is 0 Å². The molecule has 1 unspecified atom stereocenters. The Hall–Kier alpha value is -2.47. The molecular weight excluding hydrogens is 308 g/mol. The van der Waals surface area contributed by atoms with Crippen molar-refractivity contribution in [2.75, 3.05) is 16.8 Å². The third-order valence-corrected chi connectivity index (χ3v) is 4.93. The van der Waals surface area contributed by atoms with E-state index in [1.807, 2.05) is 41.8 Å². The summed E-state index contributed by atoms with van der Waals surface area (Å²) in [5.74, 6) is 0.887. The molecule has 23 heavy (non-hydrogen) atoms. The van der Waals surface area contributed by atoms with E-state index in [-0.39, 0.29) is 11.9 Å². The minimum Gasteiger partial charge on any atom is -0.344 e. The van der Waals surface area contributed by atoms with Gasteiger partial charge in [0.15, 0.2) is 0 Å². The van der Waals surface area contributed by atoms with E-state index in [1.165, 1.54) is 0 Å². The molecule has 2 aromatic heterocycles. The van der Waals surface area contributed by atoms with Crippen molar-refractivity contribution in [1.82, 2.24) is 9.97 Å². The Kier molecular flexibility index (Phi) is 3.67. The lowest BCUT2D eigenvalue weighted by atomic mass is 10.2. The lowest BCUT2D eigenvalue weighted by Crippen LogP contribution is -2.40. The molecule has 5 nitrogen and oxygen atoms in total. The van der Waals surface area contributed by atoms with Crippen LogP contribution in [0.2, 0.25) is 0 Å². The van der Waals surface area contributed by atoms with Crippen LogP contribution in [0.15, 0.2) is 48.1 Å². The van der Waals surface area contributed by atoms with Gasteiger partial charge in [-0.3, -0.25) is 4.79 Å². The van der Waals surface area contributed by atoms with Gasteiger partial charge in [-0.15, -0.1) is 11.3 Å². The summed E-state index contributed by atoms with van der Waals surface area (Å²) in [5.41, 5.74) is 0.827. The summed E-state index contributed by atoms with van der Waals surface area (Å²) in [6, 6.07) is 11.4. The van der Waals surface area contributed by atoms with Crippen LogP contribution in [0, 0.1) is 0 Å². The molecule has 6 heteroatoms. The van der Waals surface area contributed by atoms with Crippen LogP contribution in [-0.4, -0.2) is 28.5 Å². The maximum absolute atomic E-state index is 12.7. The van der Waals surface area contributed by atoms with Gasteiger partial charge in [0.25, 0.3) is 0 Å². The molecule has 1 N–H and O–H groups in total. The fraction of sp³-hybridized carbons (Fsp3) is 0.235. The molecule has 1 aliphatic heterocycles. The van der Waals surface area contributed by atoms with E-state index in [1.54, 1.807) is 17.7 Å². The number of thiophene rings is 1. The number of anilines is 2. The molecule has 0 saturated carbocycles. The van der Waals surface area contributed by atoms with Gasteiger partial charge < -0.3 is 10.2 Å². The average Bonchev–Trinajstić information content (AvgIpc) is 3.24. The quantitative estimate of drug-likeness (QED) is 0.803. The molecule has 3 heterocycles. The van der Waals surface area contributed by atoms with Crippen LogP contribution in [0.3, 0.4) is 0 Å². The number of rotatable bonds is 3. The van der Waals surface area contributed by atoms with Gasteiger partial charge in [0.05, 0.1) is 5.39 Å². The number of aromatic nitrogens is 2. The minimum atomic E-state index is -0.187. The Bertz CT molecular complexity index is 833. The van der Waals surface area contributed by atoms with Crippen LogP contribution in [-0.2, 0) is 4.79 Å². The average molecular weight is 324 g/mol. The first-order valence-corrected chi connectivity index (χ1v) is 8.51. The summed E-state index contributed by atoms with van der Waals surface area (Å²) in [5, 5.41) is 6.04. The van der Waals surface area contributed by atoms with Gasteiger partial charge in [-0.05, 0) is 36.4 Å². The highest BCUT2D eigenvalue weighted by atomic mass is 32.1. The summed E-state index contributed by atoms with van der Waals surface area (Å²) in [6.07, 6.45) is 3.41. The topological polar surface area (TPSA) is 58.1 Å². The van der Waals surface area contributed by atoms with Crippen LogP contribution in [0.1, 0.15) is 12.8 Å². The minimum absolute atomic E-state index is 0.0238. The van der Waals surface area contributed by atoms with E-state index >= 15 is 0 Å². The van der Waals surface area contributed by atoms with Crippen molar-refractivity contribution in [2.45, 2.75) is 18.9 Å². The molecule has 1 amide bonds. The molecule has 3 aromatic rings. The molecule has 4 rings (SSSR count). The predicted molar refractivity (Wildman–Crippen MR) is 92.9 cm³/mol. The second-order valence-electron chi connectivity index (χ2n) is 5.54. The van der Waals surface area contributed by atoms with Crippen LogP contribution in [0.25, 0.3) is 10.2 Å².